The normalized spacial score (nSPS) is 13.8. The molecule has 0 saturated carbocycles. The highest BCUT2D eigenvalue weighted by molar-refractivity contribution is 7.18. The number of anilines is 1. The highest BCUT2D eigenvalue weighted by Gasteiger charge is 2.21. The Morgan fingerprint density at radius 2 is 2.08 bits per heavy atom. The molecule has 0 unspecified atom stereocenters. The highest BCUT2D eigenvalue weighted by atomic mass is 32.1. The Morgan fingerprint density at radius 1 is 1.27 bits per heavy atom. The summed E-state index contributed by atoms with van der Waals surface area (Å²) in [7, 11) is 0. The zero-order chi connectivity index (χ0) is 18.1. The number of thiophene rings is 1. The maximum Gasteiger partial charge on any atom is 0.263 e. The van der Waals surface area contributed by atoms with E-state index in [9.17, 15) is 9.18 Å². The van der Waals surface area contributed by atoms with Crippen molar-refractivity contribution >= 4 is 27.5 Å². The van der Waals surface area contributed by atoms with Crippen molar-refractivity contribution in [2.45, 2.75) is 45.6 Å². The van der Waals surface area contributed by atoms with E-state index in [1.807, 2.05) is 13.0 Å². The SMILES string of the molecule is CCn1c(NCCc2ccccc2F)nc2sc3c(c2c1=O)CCCC3. The predicted molar refractivity (Wildman–Crippen MR) is 105 cm³/mol. The quantitative estimate of drug-likeness (QED) is 0.733. The Balaban J connectivity index is 1.64. The van der Waals surface area contributed by atoms with Gasteiger partial charge < -0.3 is 5.32 Å². The smallest absolute Gasteiger partial charge is 0.263 e. The van der Waals surface area contributed by atoms with Crippen LogP contribution in [0.15, 0.2) is 29.1 Å². The fraction of sp³-hybridized carbons (Fsp3) is 0.400. The molecule has 0 atom stereocenters. The first-order chi connectivity index (χ1) is 12.7. The van der Waals surface area contributed by atoms with Crippen LogP contribution in [-0.2, 0) is 25.8 Å². The number of halogens is 1. The van der Waals surface area contributed by atoms with Crippen LogP contribution in [0, 0.1) is 5.82 Å². The molecule has 0 saturated heterocycles. The molecule has 0 radical (unpaired) electrons. The van der Waals surface area contributed by atoms with Crippen LogP contribution in [0.1, 0.15) is 35.8 Å². The predicted octanol–water partition coefficient (Wildman–Crippen LogP) is 4.15. The van der Waals surface area contributed by atoms with Gasteiger partial charge in [0.2, 0.25) is 5.95 Å². The molecule has 4 nitrogen and oxygen atoms in total. The maximum absolute atomic E-state index is 13.8. The third kappa shape index (κ3) is 3.03. The summed E-state index contributed by atoms with van der Waals surface area (Å²) in [4.78, 5) is 19.9. The molecular weight excluding hydrogens is 349 g/mol. The van der Waals surface area contributed by atoms with Crippen molar-refractivity contribution in [2.24, 2.45) is 0 Å². The lowest BCUT2D eigenvalue weighted by molar-refractivity contribution is 0.610. The average molecular weight is 371 g/mol. The minimum atomic E-state index is -0.198. The molecular formula is C20H22FN3OS. The molecule has 0 aliphatic heterocycles. The molecule has 0 fully saturated rings. The van der Waals surface area contributed by atoms with Crippen molar-refractivity contribution in [3.8, 4) is 0 Å². The van der Waals surface area contributed by atoms with Gasteiger partial charge in [0.15, 0.2) is 0 Å². The summed E-state index contributed by atoms with van der Waals surface area (Å²) in [5.41, 5.74) is 1.93. The van der Waals surface area contributed by atoms with Gasteiger partial charge in [-0.15, -0.1) is 11.3 Å². The van der Waals surface area contributed by atoms with Gasteiger partial charge in [-0.25, -0.2) is 9.37 Å². The van der Waals surface area contributed by atoms with E-state index in [2.05, 4.69) is 5.32 Å². The zero-order valence-electron chi connectivity index (χ0n) is 14.8. The summed E-state index contributed by atoms with van der Waals surface area (Å²) in [6.45, 7) is 3.05. The lowest BCUT2D eigenvalue weighted by Gasteiger charge is -2.13. The Kier molecular flexibility index (Phi) is 4.76. The minimum Gasteiger partial charge on any atom is -0.355 e. The van der Waals surface area contributed by atoms with Crippen LogP contribution < -0.4 is 10.9 Å². The van der Waals surface area contributed by atoms with Gasteiger partial charge in [-0.2, -0.15) is 0 Å². The molecule has 1 aromatic carbocycles. The number of nitrogens with one attached hydrogen (secondary N) is 1. The molecule has 26 heavy (non-hydrogen) atoms. The van der Waals surface area contributed by atoms with Crippen LogP contribution in [0.2, 0.25) is 0 Å². The number of hydrogen-bond donors (Lipinski definition) is 1. The molecule has 0 amide bonds. The molecule has 4 rings (SSSR count). The Hall–Kier alpha value is -2.21. The second-order valence-electron chi connectivity index (χ2n) is 6.64. The Morgan fingerprint density at radius 3 is 2.88 bits per heavy atom. The van der Waals surface area contributed by atoms with Crippen molar-refractivity contribution in [3.05, 3.63) is 56.4 Å². The van der Waals surface area contributed by atoms with Crippen LogP contribution >= 0.6 is 11.3 Å². The second-order valence-corrected chi connectivity index (χ2v) is 7.73. The first-order valence-corrected chi connectivity index (χ1v) is 10.0. The second kappa shape index (κ2) is 7.19. The fourth-order valence-electron chi connectivity index (χ4n) is 3.68. The number of hydrogen-bond acceptors (Lipinski definition) is 4. The topological polar surface area (TPSA) is 46.9 Å². The standard InChI is InChI=1S/C20H22FN3OS/c1-2-24-19(25)17-14-8-4-6-10-16(14)26-18(17)23-20(24)22-12-11-13-7-3-5-9-15(13)21/h3,5,7,9H,2,4,6,8,10-12H2,1H3,(H,22,23). The van der Waals surface area contributed by atoms with Crippen molar-refractivity contribution in [1.82, 2.24) is 9.55 Å². The van der Waals surface area contributed by atoms with E-state index in [4.69, 9.17) is 4.98 Å². The third-order valence-electron chi connectivity index (χ3n) is 5.03. The van der Waals surface area contributed by atoms with Crippen molar-refractivity contribution in [2.75, 3.05) is 11.9 Å². The Labute approximate surface area is 155 Å². The number of nitrogens with zero attached hydrogens (tertiary/aromatic N) is 2. The summed E-state index contributed by atoms with van der Waals surface area (Å²) in [6, 6.07) is 6.78. The average Bonchev–Trinajstić information content (AvgIpc) is 3.02. The first kappa shape index (κ1) is 17.2. The van der Waals surface area contributed by atoms with Crippen molar-refractivity contribution < 1.29 is 4.39 Å². The summed E-state index contributed by atoms with van der Waals surface area (Å²) in [5, 5.41) is 4.06. The van der Waals surface area contributed by atoms with E-state index >= 15 is 0 Å². The molecule has 2 aromatic heterocycles. The molecule has 0 spiro atoms. The lowest BCUT2D eigenvalue weighted by atomic mass is 9.97. The monoisotopic (exact) mass is 371 g/mol. The maximum atomic E-state index is 13.8. The number of benzene rings is 1. The number of aryl methyl sites for hydroxylation is 2. The van der Waals surface area contributed by atoms with Gasteiger partial charge in [0.25, 0.3) is 5.56 Å². The Bertz CT molecular complexity index is 1010. The van der Waals surface area contributed by atoms with Crippen LogP contribution in [0.5, 0.6) is 0 Å². The van der Waals surface area contributed by atoms with Crippen molar-refractivity contribution in [1.29, 1.82) is 0 Å². The third-order valence-corrected chi connectivity index (χ3v) is 6.21. The molecule has 1 aliphatic rings. The van der Waals surface area contributed by atoms with Gasteiger partial charge in [0.1, 0.15) is 10.6 Å². The molecule has 2 heterocycles. The van der Waals surface area contributed by atoms with Gasteiger partial charge >= 0.3 is 0 Å². The summed E-state index contributed by atoms with van der Waals surface area (Å²) in [5.74, 6) is 0.386. The first-order valence-electron chi connectivity index (χ1n) is 9.21. The zero-order valence-corrected chi connectivity index (χ0v) is 15.7. The van der Waals surface area contributed by atoms with Crippen LogP contribution in [0.3, 0.4) is 0 Å². The molecule has 0 bridgehead atoms. The minimum absolute atomic E-state index is 0.0466. The summed E-state index contributed by atoms with van der Waals surface area (Å²) in [6.07, 6.45) is 4.92. The number of rotatable bonds is 5. The van der Waals surface area contributed by atoms with E-state index < -0.39 is 0 Å². The van der Waals surface area contributed by atoms with E-state index in [-0.39, 0.29) is 11.4 Å². The van der Waals surface area contributed by atoms with E-state index in [0.29, 0.717) is 31.0 Å². The van der Waals surface area contributed by atoms with Gasteiger partial charge in [-0.05, 0) is 56.2 Å². The van der Waals surface area contributed by atoms with E-state index in [0.717, 1.165) is 29.5 Å². The molecule has 1 N–H and O–H groups in total. The largest absolute Gasteiger partial charge is 0.355 e. The summed E-state index contributed by atoms with van der Waals surface area (Å²) >= 11 is 1.66. The molecule has 3 aromatic rings. The van der Waals surface area contributed by atoms with Gasteiger partial charge in [-0.1, -0.05) is 18.2 Å². The van der Waals surface area contributed by atoms with Crippen LogP contribution in [0.4, 0.5) is 10.3 Å². The molecule has 6 heteroatoms. The van der Waals surface area contributed by atoms with Crippen molar-refractivity contribution in [3.63, 3.8) is 0 Å². The van der Waals surface area contributed by atoms with E-state index in [1.54, 1.807) is 28.0 Å². The van der Waals surface area contributed by atoms with Crippen LogP contribution in [-0.4, -0.2) is 16.1 Å². The molecule has 136 valence electrons. The van der Waals surface area contributed by atoms with Gasteiger partial charge in [0.05, 0.1) is 5.39 Å². The van der Waals surface area contributed by atoms with E-state index in [1.165, 1.54) is 22.9 Å². The molecule has 1 aliphatic carbocycles. The number of fused-ring (bicyclic) bond motifs is 3. The van der Waals surface area contributed by atoms with Crippen LogP contribution in [0.25, 0.3) is 10.2 Å². The summed E-state index contributed by atoms with van der Waals surface area (Å²) < 4.78 is 15.5. The van der Waals surface area contributed by atoms with Gasteiger partial charge in [0, 0.05) is 18.0 Å². The highest BCUT2D eigenvalue weighted by Crippen LogP contribution is 2.34. The fourth-order valence-corrected chi connectivity index (χ4v) is 4.93. The number of aromatic nitrogens is 2. The lowest BCUT2D eigenvalue weighted by Crippen LogP contribution is -2.25. The van der Waals surface area contributed by atoms with Gasteiger partial charge in [-0.3, -0.25) is 9.36 Å².